The van der Waals surface area contributed by atoms with E-state index in [1.54, 1.807) is 18.0 Å². The molecule has 0 bridgehead atoms. The van der Waals surface area contributed by atoms with Gasteiger partial charge in [0.1, 0.15) is 5.75 Å². The molecule has 1 heterocycles. The number of hydrogen-bond acceptors (Lipinski definition) is 3. The molecule has 6 nitrogen and oxygen atoms in total. The van der Waals surface area contributed by atoms with Gasteiger partial charge in [0.2, 0.25) is 0 Å². The number of urea groups is 1. The predicted molar refractivity (Wildman–Crippen MR) is 84.7 cm³/mol. The maximum atomic E-state index is 12.0. The van der Waals surface area contributed by atoms with Crippen molar-refractivity contribution in [3.63, 3.8) is 0 Å². The van der Waals surface area contributed by atoms with E-state index in [0.717, 1.165) is 22.6 Å². The molecule has 2 rings (SSSR count). The molecule has 0 fully saturated rings. The fourth-order valence-electron chi connectivity index (χ4n) is 2.26. The van der Waals surface area contributed by atoms with Crippen molar-refractivity contribution in [2.24, 2.45) is 7.05 Å². The van der Waals surface area contributed by atoms with Crippen molar-refractivity contribution in [1.82, 2.24) is 20.4 Å². The smallest absolute Gasteiger partial charge is 0.315 e. The average Bonchev–Trinajstić information content (AvgIpc) is 2.90. The van der Waals surface area contributed by atoms with E-state index >= 15 is 0 Å². The fourth-order valence-corrected chi connectivity index (χ4v) is 2.26. The lowest BCUT2D eigenvalue weighted by Gasteiger charge is -2.18. The molecule has 0 spiro atoms. The summed E-state index contributed by atoms with van der Waals surface area (Å²) < 4.78 is 7.08. The van der Waals surface area contributed by atoms with Gasteiger partial charge < -0.3 is 15.4 Å². The number of amides is 2. The van der Waals surface area contributed by atoms with Crippen LogP contribution in [-0.4, -0.2) is 22.9 Å². The van der Waals surface area contributed by atoms with Crippen LogP contribution in [-0.2, 0) is 13.6 Å². The van der Waals surface area contributed by atoms with Crippen molar-refractivity contribution in [2.75, 3.05) is 7.11 Å². The van der Waals surface area contributed by atoms with E-state index in [0.29, 0.717) is 6.54 Å². The van der Waals surface area contributed by atoms with Crippen LogP contribution in [0.3, 0.4) is 0 Å². The minimum atomic E-state index is -0.225. The van der Waals surface area contributed by atoms with Gasteiger partial charge in [-0.25, -0.2) is 4.79 Å². The molecule has 0 saturated carbocycles. The Morgan fingerprint density at radius 2 is 2.18 bits per heavy atom. The molecule has 2 amide bonds. The maximum absolute atomic E-state index is 12.0. The van der Waals surface area contributed by atoms with Crippen molar-refractivity contribution in [3.8, 4) is 5.75 Å². The van der Waals surface area contributed by atoms with Crippen LogP contribution in [0.25, 0.3) is 0 Å². The summed E-state index contributed by atoms with van der Waals surface area (Å²) in [6, 6.07) is 7.41. The van der Waals surface area contributed by atoms with E-state index < -0.39 is 0 Å². The van der Waals surface area contributed by atoms with Gasteiger partial charge in [-0.1, -0.05) is 17.7 Å². The maximum Gasteiger partial charge on any atom is 0.315 e. The monoisotopic (exact) mass is 302 g/mol. The van der Waals surface area contributed by atoms with Crippen molar-refractivity contribution in [2.45, 2.75) is 26.4 Å². The third kappa shape index (κ3) is 3.78. The molecule has 1 atom stereocenters. The second kappa shape index (κ2) is 6.98. The zero-order chi connectivity index (χ0) is 16.1. The Labute approximate surface area is 130 Å². The third-order valence-electron chi connectivity index (χ3n) is 3.55. The molecule has 2 N–H and O–H groups in total. The van der Waals surface area contributed by atoms with E-state index in [9.17, 15) is 4.79 Å². The first-order valence-electron chi connectivity index (χ1n) is 7.17. The summed E-state index contributed by atoms with van der Waals surface area (Å²) in [6.45, 7) is 4.37. The van der Waals surface area contributed by atoms with Gasteiger partial charge in [-0.3, -0.25) is 4.68 Å². The summed E-state index contributed by atoms with van der Waals surface area (Å²) in [6.07, 6.45) is 1.70. The highest BCUT2D eigenvalue weighted by atomic mass is 16.5. The van der Waals surface area contributed by atoms with E-state index in [-0.39, 0.29) is 12.1 Å². The van der Waals surface area contributed by atoms with Gasteiger partial charge in [-0.05, 0) is 26.0 Å². The Kier molecular flexibility index (Phi) is 5.04. The van der Waals surface area contributed by atoms with Crippen LogP contribution in [0.15, 0.2) is 30.5 Å². The lowest BCUT2D eigenvalue weighted by molar-refractivity contribution is 0.237. The normalized spacial score (nSPS) is 11.8. The summed E-state index contributed by atoms with van der Waals surface area (Å²) in [7, 11) is 3.47. The molecule has 0 unspecified atom stereocenters. The number of rotatable bonds is 5. The quantitative estimate of drug-likeness (QED) is 0.890. The Morgan fingerprint density at radius 3 is 2.82 bits per heavy atom. The molecule has 1 aromatic carbocycles. The molecule has 0 aliphatic rings. The van der Waals surface area contributed by atoms with Gasteiger partial charge in [-0.2, -0.15) is 5.10 Å². The van der Waals surface area contributed by atoms with Gasteiger partial charge in [0.05, 0.1) is 25.4 Å². The minimum absolute atomic E-state index is 0.151. The number of aromatic nitrogens is 2. The van der Waals surface area contributed by atoms with Crippen LogP contribution in [0.5, 0.6) is 5.75 Å². The largest absolute Gasteiger partial charge is 0.496 e. The molecule has 0 saturated heterocycles. The Morgan fingerprint density at radius 1 is 1.41 bits per heavy atom. The van der Waals surface area contributed by atoms with E-state index in [2.05, 4.69) is 15.7 Å². The lowest BCUT2D eigenvalue weighted by Crippen LogP contribution is -2.37. The summed E-state index contributed by atoms with van der Waals surface area (Å²) in [4.78, 5) is 12.0. The Hall–Kier alpha value is -2.50. The second-order valence-corrected chi connectivity index (χ2v) is 5.24. The standard InChI is InChI=1S/C16H22N4O2/c1-11-5-6-15(22-4)14(9-11)12(2)19-16(21)17-10-13-7-8-18-20(13)3/h5-9,12H,10H2,1-4H3,(H2,17,19,21)/t12-/m1/s1. The summed E-state index contributed by atoms with van der Waals surface area (Å²) >= 11 is 0. The van der Waals surface area contributed by atoms with Crippen molar-refractivity contribution < 1.29 is 9.53 Å². The van der Waals surface area contributed by atoms with E-state index in [1.807, 2.05) is 45.2 Å². The number of aryl methyl sites for hydroxylation is 2. The average molecular weight is 302 g/mol. The lowest BCUT2D eigenvalue weighted by atomic mass is 10.0. The Bertz CT molecular complexity index is 651. The molecule has 0 aliphatic carbocycles. The fraction of sp³-hybridized carbons (Fsp3) is 0.375. The molecule has 118 valence electrons. The molecular formula is C16H22N4O2. The SMILES string of the molecule is COc1ccc(C)cc1[C@@H](C)NC(=O)NCc1ccnn1C. The molecule has 0 radical (unpaired) electrons. The highest BCUT2D eigenvalue weighted by Crippen LogP contribution is 2.25. The van der Waals surface area contributed by atoms with Crippen LogP contribution in [0.2, 0.25) is 0 Å². The number of benzene rings is 1. The number of carbonyl (C=O) groups excluding carboxylic acids is 1. The summed E-state index contributed by atoms with van der Waals surface area (Å²) in [5.41, 5.74) is 3.02. The van der Waals surface area contributed by atoms with Crippen LogP contribution >= 0.6 is 0 Å². The van der Waals surface area contributed by atoms with Gasteiger partial charge in [0.15, 0.2) is 0 Å². The Balaban J connectivity index is 1.96. The topological polar surface area (TPSA) is 68.2 Å². The number of methoxy groups -OCH3 is 1. The number of ether oxygens (including phenoxy) is 1. The highest BCUT2D eigenvalue weighted by Gasteiger charge is 2.14. The van der Waals surface area contributed by atoms with Crippen LogP contribution < -0.4 is 15.4 Å². The van der Waals surface area contributed by atoms with Crippen LogP contribution in [0.4, 0.5) is 4.79 Å². The first-order valence-corrected chi connectivity index (χ1v) is 7.17. The number of hydrogen-bond donors (Lipinski definition) is 2. The predicted octanol–water partition coefficient (Wildman–Crippen LogP) is 2.30. The van der Waals surface area contributed by atoms with Crippen molar-refractivity contribution in [1.29, 1.82) is 0 Å². The van der Waals surface area contributed by atoms with Crippen LogP contribution in [0.1, 0.15) is 29.8 Å². The zero-order valence-electron chi connectivity index (χ0n) is 13.4. The summed E-state index contributed by atoms with van der Waals surface area (Å²) in [5.74, 6) is 0.769. The number of carbonyl (C=O) groups is 1. The highest BCUT2D eigenvalue weighted by molar-refractivity contribution is 5.74. The summed E-state index contributed by atoms with van der Waals surface area (Å²) in [5, 5.41) is 9.81. The van der Waals surface area contributed by atoms with E-state index in [4.69, 9.17) is 4.74 Å². The molecule has 1 aromatic heterocycles. The van der Waals surface area contributed by atoms with Gasteiger partial charge >= 0.3 is 6.03 Å². The zero-order valence-corrected chi connectivity index (χ0v) is 13.4. The molecule has 0 aliphatic heterocycles. The van der Waals surface area contributed by atoms with Gasteiger partial charge in [-0.15, -0.1) is 0 Å². The first-order chi connectivity index (χ1) is 10.5. The first kappa shape index (κ1) is 15.9. The number of nitrogens with zero attached hydrogens (tertiary/aromatic N) is 2. The van der Waals surface area contributed by atoms with Crippen molar-refractivity contribution >= 4 is 6.03 Å². The number of nitrogens with one attached hydrogen (secondary N) is 2. The molecule has 6 heteroatoms. The van der Waals surface area contributed by atoms with E-state index in [1.165, 1.54) is 0 Å². The second-order valence-electron chi connectivity index (χ2n) is 5.24. The van der Waals surface area contributed by atoms with Crippen molar-refractivity contribution in [3.05, 3.63) is 47.3 Å². The van der Waals surface area contributed by atoms with Crippen LogP contribution in [0, 0.1) is 6.92 Å². The third-order valence-corrected chi connectivity index (χ3v) is 3.55. The van der Waals surface area contributed by atoms with Gasteiger partial charge in [0, 0.05) is 18.8 Å². The molecule has 22 heavy (non-hydrogen) atoms. The molecular weight excluding hydrogens is 280 g/mol. The molecule has 2 aromatic rings. The minimum Gasteiger partial charge on any atom is -0.496 e. The van der Waals surface area contributed by atoms with Gasteiger partial charge in [0.25, 0.3) is 0 Å².